The number of hydrogen-bond acceptors (Lipinski definition) is 4. The van der Waals surface area contributed by atoms with Gasteiger partial charge in [0.25, 0.3) is 0 Å². The molecule has 0 heterocycles. The van der Waals surface area contributed by atoms with Crippen molar-refractivity contribution in [3.63, 3.8) is 0 Å². The fourth-order valence-electron chi connectivity index (χ4n) is 2.05. The Morgan fingerprint density at radius 3 is 2.11 bits per heavy atom. The summed E-state index contributed by atoms with van der Waals surface area (Å²) >= 11 is 4.46. The van der Waals surface area contributed by atoms with Crippen LogP contribution in [0.4, 0.5) is 0 Å². The molecule has 3 nitrogen and oxygen atoms in total. The highest BCUT2D eigenvalue weighted by Gasteiger charge is 2.23. The number of carbonyl (C=O) groups excluding carboxylic acids is 1. The second-order valence-corrected chi connectivity index (χ2v) is 8.79. The molecule has 2 aromatic rings. The van der Waals surface area contributed by atoms with E-state index >= 15 is 0 Å². The number of nitrogens with one attached hydrogen (secondary N) is 1. The molecule has 1 atom stereocenters. The van der Waals surface area contributed by atoms with Gasteiger partial charge in [0.2, 0.25) is 0 Å². The molecule has 0 aliphatic rings. The Morgan fingerprint density at radius 1 is 1.04 bits per heavy atom. The molecule has 2 rings (SSSR count). The van der Waals surface area contributed by atoms with Gasteiger partial charge in [-0.1, -0.05) is 75.7 Å². The van der Waals surface area contributed by atoms with Crippen LogP contribution in [0.5, 0.6) is 5.75 Å². The molecule has 0 aliphatic carbocycles. The first-order valence-corrected chi connectivity index (χ1v) is 10.3. The fraction of sp³-hybridized carbons (Fsp3) is 0.458. The predicted octanol–water partition coefficient (Wildman–Crippen LogP) is 5.68. The maximum absolute atomic E-state index is 11.3. The molecule has 1 N–H and O–H groups in total. The topological polar surface area (TPSA) is 38.3 Å². The lowest BCUT2D eigenvalue weighted by Gasteiger charge is -2.29. The van der Waals surface area contributed by atoms with Crippen molar-refractivity contribution in [2.75, 3.05) is 6.54 Å². The minimum atomic E-state index is -0.259. The van der Waals surface area contributed by atoms with Crippen LogP contribution >= 0.6 is 12.6 Å². The van der Waals surface area contributed by atoms with Gasteiger partial charge < -0.3 is 4.74 Å². The molecule has 0 radical (unpaired) electrons. The van der Waals surface area contributed by atoms with Crippen molar-refractivity contribution in [3.8, 4) is 5.75 Å². The van der Waals surface area contributed by atoms with E-state index in [0.717, 1.165) is 5.75 Å². The summed E-state index contributed by atoms with van der Waals surface area (Å²) in [4.78, 5) is 11.1. The van der Waals surface area contributed by atoms with E-state index in [2.05, 4.69) is 63.0 Å². The average molecular weight is 402 g/mol. The Hall–Kier alpha value is -1.78. The summed E-state index contributed by atoms with van der Waals surface area (Å²) in [6, 6.07) is 18.3. The molecule has 0 bridgehead atoms. The van der Waals surface area contributed by atoms with E-state index in [0.29, 0.717) is 19.1 Å². The third-order valence-corrected chi connectivity index (χ3v) is 5.33. The lowest BCUT2D eigenvalue weighted by molar-refractivity contribution is -0.121. The molecular weight excluding hydrogens is 366 g/mol. The van der Waals surface area contributed by atoms with Crippen molar-refractivity contribution in [1.29, 1.82) is 0 Å². The maximum atomic E-state index is 11.3. The number of ether oxygens (including phenoxy) is 1. The zero-order valence-electron chi connectivity index (χ0n) is 18.0. The van der Waals surface area contributed by atoms with Gasteiger partial charge in [-0.2, -0.15) is 12.6 Å². The summed E-state index contributed by atoms with van der Waals surface area (Å²) in [5.74, 6) is 1.66. The number of Topliss-reactive ketones (excluding diaryl/α,β-unsaturated/α-hetero) is 1. The Balaban J connectivity index is 0.000000284. The number of thiol groups is 1. The summed E-state index contributed by atoms with van der Waals surface area (Å²) in [5.41, 5.74) is 2.44. The van der Waals surface area contributed by atoms with Gasteiger partial charge in [0, 0.05) is 5.92 Å². The van der Waals surface area contributed by atoms with Gasteiger partial charge in [-0.05, 0) is 37.5 Å². The summed E-state index contributed by atoms with van der Waals surface area (Å²) in [6.45, 7) is 13.1. The number of ketones is 1. The lowest BCUT2D eigenvalue weighted by atomic mass is 10.0. The van der Waals surface area contributed by atoms with Crippen molar-refractivity contribution < 1.29 is 9.53 Å². The van der Waals surface area contributed by atoms with Crippen LogP contribution in [0.25, 0.3) is 0 Å². The molecule has 0 saturated heterocycles. The fourth-order valence-corrected chi connectivity index (χ4v) is 2.13. The zero-order chi connectivity index (χ0) is 21.2. The van der Waals surface area contributed by atoms with Gasteiger partial charge in [0.05, 0.1) is 11.4 Å². The van der Waals surface area contributed by atoms with E-state index in [1.54, 1.807) is 0 Å². The quantitative estimate of drug-likeness (QED) is 0.442. The van der Waals surface area contributed by atoms with E-state index in [9.17, 15) is 4.79 Å². The summed E-state index contributed by atoms with van der Waals surface area (Å²) in [7, 11) is 0. The van der Waals surface area contributed by atoms with Crippen molar-refractivity contribution >= 4 is 18.4 Å². The van der Waals surface area contributed by atoms with Crippen LogP contribution < -0.4 is 10.1 Å². The Labute approximate surface area is 176 Å². The van der Waals surface area contributed by atoms with Crippen LogP contribution in [-0.4, -0.2) is 17.2 Å². The maximum Gasteiger partial charge on any atom is 0.149 e. The van der Waals surface area contributed by atoms with Gasteiger partial charge in [0.15, 0.2) is 0 Å². The van der Waals surface area contributed by atoms with Crippen LogP contribution in [0, 0.1) is 18.8 Å². The van der Waals surface area contributed by atoms with Crippen LogP contribution in [0.15, 0.2) is 54.6 Å². The molecule has 28 heavy (non-hydrogen) atoms. The summed E-state index contributed by atoms with van der Waals surface area (Å²) in [6.07, 6.45) is 0. The van der Waals surface area contributed by atoms with E-state index in [-0.39, 0.29) is 16.6 Å². The van der Waals surface area contributed by atoms with Gasteiger partial charge in [-0.25, -0.2) is 0 Å². The number of rotatable bonds is 8. The zero-order valence-corrected chi connectivity index (χ0v) is 18.9. The Bertz CT molecular complexity index is 694. The molecule has 4 heteroatoms. The largest absolute Gasteiger partial charge is 0.489 e. The number of carbonyl (C=O) groups is 1. The van der Waals surface area contributed by atoms with Gasteiger partial charge in [0.1, 0.15) is 18.1 Å². The molecule has 2 aromatic carbocycles. The van der Waals surface area contributed by atoms with Crippen molar-refractivity contribution in [1.82, 2.24) is 5.32 Å². The molecule has 0 aliphatic heterocycles. The first-order chi connectivity index (χ1) is 13.1. The average Bonchev–Trinajstić information content (AvgIpc) is 2.67. The molecule has 0 aromatic heterocycles. The highest BCUT2D eigenvalue weighted by atomic mass is 32.1. The Kier molecular flexibility index (Phi) is 10.3. The Morgan fingerprint density at radius 2 is 1.61 bits per heavy atom. The molecule has 154 valence electrons. The number of benzene rings is 2. The standard InChI is InChI=1S/C14H14O.C10H21NOS/c1-12-7-9-14(10-8-12)15-11-13-5-3-2-4-6-13;1-7(2)9(12)6-11-10(5,13)8(3)4/h2-10H,11H2,1H3;7-8,11,13H,6H2,1-5H3. The number of hydrogen-bond donors (Lipinski definition) is 2. The molecule has 0 amide bonds. The highest BCUT2D eigenvalue weighted by Crippen LogP contribution is 2.20. The summed E-state index contributed by atoms with van der Waals surface area (Å²) < 4.78 is 5.65. The molecule has 1 unspecified atom stereocenters. The van der Waals surface area contributed by atoms with Gasteiger partial charge >= 0.3 is 0 Å². The first-order valence-electron chi connectivity index (χ1n) is 9.85. The first kappa shape index (κ1) is 24.3. The third-order valence-electron chi connectivity index (χ3n) is 4.66. The van der Waals surface area contributed by atoms with Crippen molar-refractivity contribution in [3.05, 3.63) is 65.7 Å². The van der Waals surface area contributed by atoms with Crippen LogP contribution in [0.3, 0.4) is 0 Å². The monoisotopic (exact) mass is 401 g/mol. The second-order valence-electron chi connectivity index (χ2n) is 7.86. The van der Waals surface area contributed by atoms with Crippen LogP contribution in [0.1, 0.15) is 45.7 Å². The molecule has 0 spiro atoms. The minimum absolute atomic E-state index is 0.101. The van der Waals surface area contributed by atoms with E-state index in [4.69, 9.17) is 4.74 Å². The van der Waals surface area contributed by atoms with Crippen molar-refractivity contribution in [2.45, 2.75) is 53.0 Å². The van der Waals surface area contributed by atoms with E-state index < -0.39 is 0 Å². The second kappa shape index (κ2) is 11.9. The lowest BCUT2D eigenvalue weighted by Crippen LogP contribution is -2.44. The molecular formula is C24H35NO2S. The highest BCUT2D eigenvalue weighted by molar-refractivity contribution is 7.81. The predicted molar refractivity (Wildman–Crippen MR) is 122 cm³/mol. The smallest absolute Gasteiger partial charge is 0.149 e. The SMILES string of the molecule is CC(C)C(=O)CNC(C)(S)C(C)C.Cc1ccc(OCc2ccccc2)cc1. The van der Waals surface area contributed by atoms with Gasteiger partial charge in [-0.15, -0.1) is 0 Å². The molecule has 0 saturated carbocycles. The molecule has 0 fully saturated rings. The van der Waals surface area contributed by atoms with Gasteiger partial charge in [-0.3, -0.25) is 10.1 Å². The van der Waals surface area contributed by atoms with E-state index in [1.807, 2.05) is 51.1 Å². The van der Waals surface area contributed by atoms with Crippen LogP contribution in [-0.2, 0) is 11.4 Å². The third kappa shape index (κ3) is 9.43. The van der Waals surface area contributed by atoms with E-state index in [1.165, 1.54) is 11.1 Å². The minimum Gasteiger partial charge on any atom is -0.489 e. The summed E-state index contributed by atoms with van der Waals surface area (Å²) in [5, 5.41) is 3.15. The van der Waals surface area contributed by atoms with Crippen molar-refractivity contribution in [2.24, 2.45) is 11.8 Å². The van der Waals surface area contributed by atoms with Crippen LogP contribution in [0.2, 0.25) is 0 Å². The number of aryl methyl sites for hydroxylation is 1. The normalized spacial score (nSPS) is 12.9.